The maximum Gasteiger partial charge on any atom is 0.416 e. The molecule has 2 aliphatic heterocycles. The van der Waals surface area contributed by atoms with Gasteiger partial charge < -0.3 is 14.5 Å². The highest BCUT2D eigenvalue weighted by molar-refractivity contribution is 5.74. The van der Waals surface area contributed by atoms with E-state index in [1.807, 2.05) is 75.1 Å². The van der Waals surface area contributed by atoms with Crippen molar-refractivity contribution in [3.05, 3.63) is 59.2 Å². The third kappa shape index (κ3) is 2.43. The minimum atomic E-state index is -4.38. The van der Waals surface area contributed by atoms with E-state index >= 15 is 0 Å². The molecule has 6 heteroatoms. The average Bonchev–Trinajstić information content (AvgIpc) is 2.79. The minimum Gasteiger partial charge on any atom is -0.463 e. The van der Waals surface area contributed by atoms with E-state index in [1.54, 1.807) is 0 Å². The fourth-order valence-electron chi connectivity index (χ4n) is 4.25. The topological polar surface area (TPSA) is 15.7 Å². The normalized spacial score (nSPS) is 22.1. The second-order valence-electron chi connectivity index (χ2n) is 8.16. The third-order valence-electron chi connectivity index (χ3n) is 6.02. The van der Waals surface area contributed by atoms with Crippen molar-refractivity contribution in [2.75, 3.05) is 30.9 Å². The molecule has 4 rings (SSSR count). The van der Waals surface area contributed by atoms with E-state index in [4.69, 9.17) is 4.74 Å². The highest BCUT2D eigenvalue weighted by atomic mass is 19.4. The number of fused-ring (bicyclic) bond motifs is 2. The van der Waals surface area contributed by atoms with Crippen LogP contribution in [0.1, 0.15) is 30.5 Å². The van der Waals surface area contributed by atoms with Crippen LogP contribution in [0.5, 0.6) is 5.75 Å². The van der Waals surface area contributed by atoms with Crippen LogP contribution in [0, 0.1) is 0 Å². The van der Waals surface area contributed by atoms with Crippen LogP contribution in [0.2, 0.25) is 0 Å². The van der Waals surface area contributed by atoms with Gasteiger partial charge in [0.1, 0.15) is 5.75 Å². The molecule has 0 aromatic heterocycles. The van der Waals surface area contributed by atoms with Gasteiger partial charge in [0.2, 0.25) is 5.72 Å². The summed E-state index contributed by atoms with van der Waals surface area (Å²) in [6, 6.07) is 9.86. The standard InChI is InChI=1S/C22H23F3N2O/c1-20(2)17-13-15(22(23,24)25)6-8-18(17)27(5)21(20)11-10-14-12-16(26(3)4)7-9-19(14)28-21/h6-13H,1-5H3. The summed E-state index contributed by atoms with van der Waals surface area (Å²) in [6.45, 7) is 3.86. The lowest BCUT2D eigenvalue weighted by Gasteiger charge is -2.45. The number of ether oxygens (including phenoxy) is 1. The van der Waals surface area contributed by atoms with Gasteiger partial charge in [-0.1, -0.05) is 0 Å². The summed E-state index contributed by atoms with van der Waals surface area (Å²) in [6.07, 6.45) is -0.416. The average molecular weight is 388 g/mol. The summed E-state index contributed by atoms with van der Waals surface area (Å²) >= 11 is 0. The van der Waals surface area contributed by atoms with Gasteiger partial charge in [-0.2, -0.15) is 13.2 Å². The van der Waals surface area contributed by atoms with Crippen LogP contribution in [0.25, 0.3) is 6.08 Å². The van der Waals surface area contributed by atoms with Gasteiger partial charge in [0.25, 0.3) is 0 Å². The number of hydrogen-bond donors (Lipinski definition) is 0. The Hall–Kier alpha value is -2.63. The van der Waals surface area contributed by atoms with Gasteiger partial charge in [0, 0.05) is 38.1 Å². The quantitative estimate of drug-likeness (QED) is 0.659. The van der Waals surface area contributed by atoms with Gasteiger partial charge >= 0.3 is 6.18 Å². The zero-order chi connectivity index (χ0) is 20.5. The zero-order valence-electron chi connectivity index (χ0n) is 16.6. The Morgan fingerprint density at radius 2 is 1.75 bits per heavy atom. The Balaban J connectivity index is 1.82. The van der Waals surface area contributed by atoms with Gasteiger partial charge in [0.05, 0.1) is 11.0 Å². The minimum absolute atomic E-state index is 0.628. The van der Waals surface area contributed by atoms with Crippen molar-refractivity contribution in [2.45, 2.75) is 31.2 Å². The van der Waals surface area contributed by atoms with Crippen molar-refractivity contribution in [1.29, 1.82) is 0 Å². The Kier molecular flexibility index (Phi) is 3.80. The van der Waals surface area contributed by atoms with E-state index in [2.05, 4.69) is 0 Å². The van der Waals surface area contributed by atoms with Gasteiger partial charge in [-0.05, 0) is 68.0 Å². The van der Waals surface area contributed by atoms with Crippen molar-refractivity contribution < 1.29 is 17.9 Å². The zero-order valence-corrected chi connectivity index (χ0v) is 16.6. The van der Waals surface area contributed by atoms with Crippen LogP contribution < -0.4 is 14.5 Å². The summed E-state index contributed by atoms with van der Waals surface area (Å²) in [7, 11) is 5.81. The summed E-state index contributed by atoms with van der Waals surface area (Å²) in [5, 5.41) is 0. The van der Waals surface area contributed by atoms with Gasteiger partial charge in [0.15, 0.2) is 0 Å². The Morgan fingerprint density at radius 3 is 2.39 bits per heavy atom. The lowest BCUT2D eigenvalue weighted by molar-refractivity contribution is -0.137. The number of nitrogens with zero attached hydrogens (tertiary/aromatic N) is 2. The first kappa shape index (κ1) is 18.7. The number of likely N-dealkylation sites (N-methyl/N-ethyl adjacent to an activating group) is 1. The summed E-state index contributed by atoms with van der Waals surface area (Å²) < 4.78 is 46.3. The van der Waals surface area contributed by atoms with Gasteiger partial charge in [-0.25, -0.2) is 0 Å². The third-order valence-corrected chi connectivity index (χ3v) is 6.02. The molecule has 28 heavy (non-hydrogen) atoms. The molecule has 0 radical (unpaired) electrons. The van der Waals surface area contributed by atoms with E-state index in [9.17, 15) is 13.2 Å². The molecule has 0 amide bonds. The molecular formula is C22H23F3N2O. The number of anilines is 2. The lowest BCUT2D eigenvalue weighted by atomic mass is 9.76. The molecule has 2 aromatic carbocycles. The van der Waals surface area contributed by atoms with Crippen LogP contribution in [0.4, 0.5) is 24.5 Å². The summed E-state index contributed by atoms with van der Waals surface area (Å²) in [4.78, 5) is 3.94. The maximum atomic E-state index is 13.3. The SMILES string of the molecule is CN(C)c1ccc2c(c1)C=CC1(O2)N(C)c2ccc(C(F)(F)F)cc2C1(C)C. The second kappa shape index (κ2) is 5.69. The fourth-order valence-corrected chi connectivity index (χ4v) is 4.25. The first-order valence-corrected chi connectivity index (χ1v) is 9.12. The van der Waals surface area contributed by atoms with Gasteiger partial charge in [-0.15, -0.1) is 0 Å². The number of benzene rings is 2. The van der Waals surface area contributed by atoms with E-state index in [0.29, 0.717) is 5.56 Å². The van der Waals surface area contributed by atoms with Crippen LogP contribution in [-0.2, 0) is 11.6 Å². The molecule has 148 valence electrons. The van der Waals surface area contributed by atoms with Crippen molar-refractivity contribution in [3.8, 4) is 5.75 Å². The maximum absolute atomic E-state index is 13.3. The van der Waals surface area contributed by atoms with Crippen LogP contribution in [0.15, 0.2) is 42.5 Å². The molecule has 1 spiro atoms. The number of halogens is 3. The van der Waals surface area contributed by atoms with Crippen molar-refractivity contribution >= 4 is 17.5 Å². The first-order valence-electron chi connectivity index (χ1n) is 9.12. The molecule has 2 aromatic rings. The molecule has 1 unspecified atom stereocenters. The Morgan fingerprint density at radius 1 is 1.04 bits per heavy atom. The molecular weight excluding hydrogens is 365 g/mol. The summed E-state index contributed by atoms with van der Waals surface area (Å²) in [5.74, 6) is 0.719. The molecule has 0 N–H and O–H groups in total. The molecule has 2 aliphatic rings. The predicted octanol–water partition coefficient (Wildman–Crippen LogP) is 5.30. The van der Waals surface area contributed by atoms with E-state index in [-0.39, 0.29) is 0 Å². The summed E-state index contributed by atoms with van der Waals surface area (Å²) in [5.41, 5.74) is 1.16. The fraction of sp³-hybridized carbons (Fsp3) is 0.364. The smallest absolute Gasteiger partial charge is 0.416 e. The van der Waals surface area contributed by atoms with Crippen molar-refractivity contribution in [2.24, 2.45) is 0 Å². The second-order valence-corrected chi connectivity index (χ2v) is 8.16. The first-order chi connectivity index (χ1) is 13.0. The highest BCUT2D eigenvalue weighted by Crippen LogP contribution is 2.55. The monoisotopic (exact) mass is 388 g/mol. The van der Waals surface area contributed by atoms with E-state index < -0.39 is 22.9 Å². The number of rotatable bonds is 1. The van der Waals surface area contributed by atoms with Crippen molar-refractivity contribution in [3.63, 3.8) is 0 Å². The Labute approximate surface area is 163 Å². The van der Waals surface area contributed by atoms with Crippen LogP contribution >= 0.6 is 0 Å². The largest absolute Gasteiger partial charge is 0.463 e. The molecule has 0 bridgehead atoms. The van der Waals surface area contributed by atoms with Crippen molar-refractivity contribution in [1.82, 2.24) is 0 Å². The van der Waals surface area contributed by atoms with Crippen LogP contribution in [-0.4, -0.2) is 26.9 Å². The number of hydrogen-bond acceptors (Lipinski definition) is 3. The predicted molar refractivity (Wildman–Crippen MR) is 106 cm³/mol. The highest BCUT2D eigenvalue weighted by Gasteiger charge is 2.58. The number of alkyl halides is 3. The molecule has 0 saturated heterocycles. The Bertz CT molecular complexity index is 978. The molecule has 1 atom stereocenters. The molecule has 0 saturated carbocycles. The molecule has 0 aliphatic carbocycles. The van der Waals surface area contributed by atoms with E-state index in [0.717, 1.165) is 28.8 Å². The van der Waals surface area contributed by atoms with Gasteiger partial charge in [-0.3, -0.25) is 0 Å². The molecule has 2 heterocycles. The molecule has 3 nitrogen and oxygen atoms in total. The van der Waals surface area contributed by atoms with E-state index in [1.165, 1.54) is 12.1 Å². The lowest BCUT2D eigenvalue weighted by Crippen LogP contribution is -2.58. The van der Waals surface area contributed by atoms with Crippen LogP contribution in [0.3, 0.4) is 0 Å². The molecule has 0 fully saturated rings.